The zero-order chi connectivity index (χ0) is 21.0. The van der Waals surface area contributed by atoms with E-state index in [0.29, 0.717) is 28.8 Å². The number of amides is 2. The molecule has 0 bridgehead atoms. The smallest absolute Gasteiger partial charge is 0.251 e. The second-order valence-electron chi connectivity index (χ2n) is 6.49. The molecule has 0 spiro atoms. The summed E-state index contributed by atoms with van der Waals surface area (Å²) >= 11 is 11.9. The Morgan fingerprint density at radius 3 is 2.48 bits per heavy atom. The summed E-state index contributed by atoms with van der Waals surface area (Å²) < 4.78 is 26.7. The molecule has 7 nitrogen and oxygen atoms in total. The van der Waals surface area contributed by atoms with E-state index in [1.807, 2.05) is 0 Å². The Balaban J connectivity index is 1.63. The van der Waals surface area contributed by atoms with Crippen LogP contribution in [0.15, 0.2) is 47.4 Å². The first-order valence-corrected chi connectivity index (χ1v) is 11.1. The van der Waals surface area contributed by atoms with Crippen molar-refractivity contribution in [3.63, 3.8) is 0 Å². The van der Waals surface area contributed by atoms with Crippen molar-refractivity contribution >= 4 is 50.7 Å². The zero-order valence-electron chi connectivity index (χ0n) is 15.3. The molecule has 1 fully saturated rings. The van der Waals surface area contributed by atoms with Gasteiger partial charge in [0.15, 0.2) is 0 Å². The van der Waals surface area contributed by atoms with E-state index in [0.717, 1.165) is 12.8 Å². The molecule has 1 aliphatic rings. The normalized spacial score (nSPS) is 14.6. The van der Waals surface area contributed by atoms with Crippen LogP contribution in [0.2, 0.25) is 10.0 Å². The molecule has 29 heavy (non-hydrogen) atoms. The summed E-state index contributed by atoms with van der Waals surface area (Å²) in [7, 11) is -3.63. The van der Waals surface area contributed by atoms with E-state index < -0.39 is 21.8 Å². The molecule has 0 atom stereocenters. The summed E-state index contributed by atoms with van der Waals surface area (Å²) in [5.41, 5.74) is 0.482. The minimum atomic E-state index is -3.63. The van der Waals surface area contributed by atoms with Gasteiger partial charge in [-0.3, -0.25) is 9.59 Å². The predicted molar refractivity (Wildman–Crippen MR) is 112 cm³/mol. The molecule has 0 saturated carbocycles. The van der Waals surface area contributed by atoms with Crippen LogP contribution >= 0.6 is 23.2 Å². The molecular weight excluding hydrogens is 437 g/mol. The summed E-state index contributed by atoms with van der Waals surface area (Å²) in [4.78, 5) is 24.5. The number of nitrogens with one attached hydrogen (secondary N) is 2. The molecule has 2 aromatic carbocycles. The van der Waals surface area contributed by atoms with Crippen LogP contribution in [0.5, 0.6) is 0 Å². The maximum absolute atomic E-state index is 12.6. The molecule has 0 aliphatic carbocycles. The van der Waals surface area contributed by atoms with E-state index in [2.05, 4.69) is 10.6 Å². The molecule has 0 unspecified atom stereocenters. The van der Waals surface area contributed by atoms with Crippen LogP contribution in [0.1, 0.15) is 23.2 Å². The molecule has 154 valence electrons. The van der Waals surface area contributed by atoms with Crippen LogP contribution in [0.25, 0.3) is 0 Å². The van der Waals surface area contributed by atoms with Gasteiger partial charge in [-0.15, -0.1) is 0 Å². The van der Waals surface area contributed by atoms with Crippen LogP contribution < -0.4 is 10.6 Å². The van der Waals surface area contributed by atoms with E-state index in [-0.39, 0.29) is 17.0 Å². The van der Waals surface area contributed by atoms with Gasteiger partial charge in [-0.05, 0) is 49.2 Å². The number of nitrogens with zero attached hydrogens (tertiary/aromatic N) is 1. The minimum absolute atomic E-state index is 0.0576. The van der Waals surface area contributed by atoms with E-state index in [4.69, 9.17) is 23.2 Å². The highest BCUT2D eigenvalue weighted by molar-refractivity contribution is 7.89. The van der Waals surface area contributed by atoms with Crippen molar-refractivity contribution in [2.75, 3.05) is 25.0 Å². The third-order valence-corrected chi connectivity index (χ3v) is 6.87. The van der Waals surface area contributed by atoms with Crippen molar-refractivity contribution in [2.24, 2.45) is 0 Å². The Morgan fingerprint density at radius 2 is 1.76 bits per heavy atom. The van der Waals surface area contributed by atoms with Gasteiger partial charge < -0.3 is 10.6 Å². The van der Waals surface area contributed by atoms with E-state index >= 15 is 0 Å². The average molecular weight is 456 g/mol. The number of anilines is 1. The fraction of sp³-hybridized carbons (Fsp3) is 0.263. The standard InChI is InChI=1S/C19H19Cl2N3O4S/c20-14-6-7-16(21)17(11-14)23-18(25)12-22-19(26)13-4-3-5-15(10-13)29(27,28)24-8-1-2-9-24/h3-7,10-11H,1-2,8-9,12H2,(H,22,26)(H,23,25). The van der Waals surface area contributed by atoms with Gasteiger partial charge in [0.2, 0.25) is 15.9 Å². The molecule has 2 amide bonds. The highest BCUT2D eigenvalue weighted by atomic mass is 35.5. The maximum Gasteiger partial charge on any atom is 0.251 e. The highest BCUT2D eigenvalue weighted by Crippen LogP contribution is 2.25. The van der Waals surface area contributed by atoms with Crippen LogP contribution in [0.3, 0.4) is 0 Å². The summed E-state index contributed by atoms with van der Waals surface area (Å²) in [6.07, 6.45) is 1.65. The molecule has 0 aromatic heterocycles. The van der Waals surface area contributed by atoms with Crippen LogP contribution in [-0.2, 0) is 14.8 Å². The van der Waals surface area contributed by atoms with Gasteiger partial charge in [-0.25, -0.2) is 8.42 Å². The van der Waals surface area contributed by atoms with Gasteiger partial charge in [0.25, 0.3) is 5.91 Å². The van der Waals surface area contributed by atoms with Gasteiger partial charge in [-0.2, -0.15) is 4.31 Å². The number of sulfonamides is 1. The molecule has 3 rings (SSSR count). The first-order valence-electron chi connectivity index (χ1n) is 8.91. The lowest BCUT2D eigenvalue weighted by Gasteiger charge is -2.16. The monoisotopic (exact) mass is 455 g/mol. The van der Waals surface area contributed by atoms with Gasteiger partial charge in [0.05, 0.1) is 22.2 Å². The average Bonchev–Trinajstić information content (AvgIpc) is 3.25. The molecule has 2 aromatic rings. The molecule has 1 heterocycles. The lowest BCUT2D eigenvalue weighted by Crippen LogP contribution is -2.33. The molecular formula is C19H19Cl2N3O4S. The van der Waals surface area contributed by atoms with Crippen LogP contribution in [0, 0.1) is 0 Å². The summed E-state index contributed by atoms with van der Waals surface area (Å²) in [5.74, 6) is -1.06. The molecule has 10 heteroatoms. The van der Waals surface area contributed by atoms with Crippen LogP contribution in [0.4, 0.5) is 5.69 Å². The van der Waals surface area contributed by atoms with Crippen molar-refractivity contribution < 1.29 is 18.0 Å². The number of benzene rings is 2. The lowest BCUT2D eigenvalue weighted by molar-refractivity contribution is -0.115. The van der Waals surface area contributed by atoms with Crippen molar-refractivity contribution in [3.05, 3.63) is 58.1 Å². The third-order valence-electron chi connectivity index (χ3n) is 4.41. The Labute approximate surface area is 179 Å². The number of rotatable bonds is 6. The first kappa shape index (κ1) is 21.6. The van der Waals surface area contributed by atoms with E-state index in [1.165, 1.54) is 34.6 Å². The molecule has 1 saturated heterocycles. The summed E-state index contributed by atoms with van der Waals surface area (Å²) in [6.45, 7) is 0.640. The molecule has 2 N–H and O–H groups in total. The highest BCUT2D eigenvalue weighted by Gasteiger charge is 2.27. The quantitative estimate of drug-likeness (QED) is 0.698. The maximum atomic E-state index is 12.6. The second kappa shape index (κ2) is 9.13. The van der Waals surface area contributed by atoms with Gasteiger partial charge in [0.1, 0.15) is 0 Å². The van der Waals surface area contributed by atoms with E-state index in [1.54, 1.807) is 12.1 Å². The zero-order valence-corrected chi connectivity index (χ0v) is 17.6. The fourth-order valence-corrected chi connectivity index (χ4v) is 4.83. The van der Waals surface area contributed by atoms with Gasteiger partial charge in [0, 0.05) is 23.7 Å². The minimum Gasteiger partial charge on any atom is -0.343 e. The van der Waals surface area contributed by atoms with Crippen molar-refractivity contribution in [1.29, 1.82) is 0 Å². The number of hydrogen-bond acceptors (Lipinski definition) is 4. The molecule has 1 aliphatic heterocycles. The summed E-state index contributed by atoms with van der Waals surface area (Å²) in [6, 6.07) is 10.4. The number of carbonyl (C=O) groups excluding carboxylic acids is 2. The Morgan fingerprint density at radius 1 is 1.03 bits per heavy atom. The topological polar surface area (TPSA) is 95.6 Å². The Bertz CT molecular complexity index is 1040. The third kappa shape index (κ3) is 5.27. The van der Waals surface area contributed by atoms with E-state index in [9.17, 15) is 18.0 Å². The number of hydrogen-bond donors (Lipinski definition) is 2. The second-order valence-corrected chi connectivity index (χ2v) is 9.28. The number of carbonyl (C=O) groups is 2. The molecule has 0 radical (unpaired) electrons. The van der Waals surface area contributed by atoms with Gasteiger partial charge >= 0.3 is 0 Å². The fourth-order valence-electron chi connectivity index (χ4n) is 2.93. The Hall–Kier alpha value is -2.13. The predicted octanol–water partition coefficient (Wildman–Crippen LogP) is 3.15. The van der Waals surface area contributed by atoms with Crippen molar-refractivity contribution in [2.45, 2.75) is 17.7 Å². The Kier molecular flexibility index (Phi) is 6.79. The SMILES string of the molecule is O=C(CNC(=O)c1cccc(S(=O)(=O)N2CCCC2)c1)Nc1cc(Cl)ccc1Cl. The summed E-state index contributed by atoms with van der Waals surface area (Å²) in [5, 5.41) is 5.74. The lowest BCUT2D eigenvalue weighted by atomic mass is 10.2. The van der Waals surface area contributed by atoms with Crippen molar-refractivity contribution in [3.8, 4) is 0 Å². The number of halogens is 2. The first-order chi connectivity index (χ1) is 13.8. The van der Waals surface area contributed by atoms with Crippen molar-refractivity contribution in [1.82, 2.24) is 9.62 Å². The van der Waals surface area contributed by atoms with Crippen LogP contribution in [-0.4, -0.2) is 44.2 Å². The largest absolute Gasteiger partial charge is 0.343 e. The van der Waals surface area contributed by atoms with Gasteiger partial charge in [-0.1, -0.05) is 29.3 Å².